The summed E-state index contributed by atoms with van der Waals surface area (Å²) >= 11 is 0. The van der Waals surface area contributed by atoms with E-state index in [0.717, 1.165) is 0 Å². The van der Waals surface area contributed by atoms with E-state index in [-0.39, 0.29) is 19.0 Å². The minimum absolute atomic E-state index is 0.0235. The van der Waals surface area contributed by atoms with Gasteiger partial charge in [-0.15, -0.1) is 0 Å². The first-order chi connectivity index (χ1) is 11.7. The van der Waals surface area contributed by atoms with Gasteiger partial charge in [-0.2, -0.15) is 0 Å². The van der Waals surface area contributed by atoms with Crippen LogP contribution in [-0.4, -0.2) is 70.9 Å². The lowest BCUT2D eigenvalue weighted by molar-refractivity contribution is 0.0542. The maximum absolute atomic E-state index is 11.6. The fourth-order valence-corrected chi connectivity index (χ4v) is 1.79. The number of ketones is 1. The summed E-state index contributed by atoms with van der Waals surface area (Å²) < 4.78 is 26.5. The van der Waals surface area contributed by atoms with E-state index < -0.39 is 0 Å². The van der Waals surface area contributed by atoms with Crippen molar-refractivity contribution in [3.8, 4) is 11.5 Å². The molecule has 0 radical (unpaired) electrons. The van der Waals surface area contributed by atoms with Gasteiger partial charge >= 0.3 is 0 Å². The first kappa shape index (κ1) is 20.4. The van der Waals surface area contributed by atoms with Gasteiger partial charge in [-0.25, -0.2) is 0 Å². The van der Waals surface area contributed by atoms with E-state index in [1.807, 2.05) is 0 Å². The van der Waals surface area contributed by atoms with Gasteiger partial charge in [-0.3, -0.25) is 4.79 Å². The van der Waals surface area contributed by atoms with Crippen LogP contribution < -0.4 is 9.47 Å². The minimum Gasteiger partial charge on any atom is -0.491 e. The first-order valence-electron chi connectivity index (χ1n) is 7.84. The van der Waals surface area contributed by atoms with Crippen LogP contribution in [0.3, 0.4) is 0 Å². The van der Waals surface area contributed by atoms with Crippen molar-refractivity contribution in [2.75, 3.05) is 60.0 Å². The van der Waals surface area contributed by atoms with Crippen molar-refractivity contribution in [2.45, 2.75) is 6.92 Å². The van der Waals surface area contributed by atoms with Gasteiger partial charge in [-0.05, 0) is 19.1 Å². The van der Waals surface area contributed by atoms with Gasteiger partial charge < -0.3 is 28.8 Å². The smallest absolute Gasteiger partial charge is 0.160 e. The fraction of sp³-hybridized carbons (Fsp3) is 0.588. The molecule has 0 heterocycles. The number of carbonyl (C=O) groups is 1. The average molecular weight is 342 g/mol. The summed E-state index contributed by atoms with van der Waals surface area (Å²) in [4.78, 5) is 11.6. The molecular formula is C17H26O7. The number of benzene rings is 1. The second-order valence-electron chi connectivity index (χ2n) is 4.89. The van der Waals surface area contributed by atoms with Crippen molar-refractivity contribution in [3.05, 3.63) is 23.8 Å². The van der Waals surface area contributed by atoms with Crippen molar-refractivity contribution in [1.29, 1.82) is 0 Å². The maximum Gasteiger partial charge on any atom is 0.160 e. The molecule has 24 heavy (non-hydrogen) atoms. The van der Waals surface area contributed by atoms with Crippen LogP contribution in [0.1, 0.15) is 17.3 Å². The van der Waals surface area contributed by atoms with Gasteiger partial charge in [0.15, 0.2) is 5.78 Å². The molecule has 0 unspecified atom stereocenters. The molecule has 1 aromatic rings. The largest absolute Gasteiger partial charge is 0.491 e. The Morgan fingerprint density at radius 3 is 1.92 bits per heavy atom. The van der Waals surface area contributed by atoms with E-state index in [2.05, 4.69) is 0 Å². The molecule has 7 heteroatoms. The highest BCUT2D eigenvalue weighted by molar-refractivity contribution is 5.94. The highest BCUT2D eigenvalue weighted by atomic mass is 16.5. The summed E-state index contributed by atoms with van der Waals surface area (Å²) in [6, 6.07) is 5.05. The van der Waals surface area contributed by atoms with Gasteiger partial charge in [0.1, 0.15) is 24.7 Å². The van der Waals surface area contributed by atoms with Gasteiger partial charge in [-0.1, -0.05) is 0 Å². The molecule has 0 aromatic heterocycles. The van der Waals surface area contributed by atoms with Crippen LogP contribution in [0.2, 0.25) is 0 Å². The lowest BCUT2D eigenvalue weighted by atomic mass is 10.1. The molecule has 7 nitrogen and oxygen atoms in total. The van der Waals surface area contributed by atoms with Crippen molar-refractivity contribution >= 4 is 5.78 Å². The second-order valence-corrected chi connectivity index (χ2v) is 4.89. The maximum atomic E-state index is 11.6. The van der Waals surface area contributed by atoms with Crippen molar-refractivity contribution in [2.24, 2.45) is 0 Å². The van der Waals surface area contributed by atoms with E-state index in [1.165, 1.54) is 6.92 Å². The zero-order valence-corrected chi connectivity index (χ0v) is 14.3. The van der Waals surface area contributed by atoms with E-state index in [0.29, 0.717) is 56.7 Å². The summed E-state index contributed by atoms with van der Waals surface area (Å²) in [5, 5.41) is 8.63. The Morgan fingerprint density at radius 1 is 0.875 bits per heavy atom. The summed E-state index contributed by atoms with van der Waals surface area (Å²) in [5.74, 6) is 1.01. The predicted molar refractivity (Wildman–Crippen MR) is 88.0 cm³/mol. The Hall–Kier alpha value is -1.67. The van der Waals surface area contributed by atoms with E-state index >= 15 is 0 Å². The van der Waals surface area contributed by atoms with E-state index in [9.17, 15) is 4.79 Å². The average Bonchev–Trinajstić information content (AvgIpc) is 2.57. The summed E-state index contributed by atoms with van der Waals surface area (Å²) in [6.45, 7) is 4.25. The SMILES string of the molecule is COCCOCCOc1cc(OCCOCCO)cc(C(C)=O)c1. The fourth-order valence-electron chi connectivity index (χ4n) is 1.79. The molecule has 0 aliphatic carbocycles. The predicted octanol–water partition coefficient (Wildman–Crippen LogP) is 1.32. The number of hydrogen-bond acceptors (Lipinski definition) is 7. The Balaban J connectivity index is 2.49. The summed E-state index contributed by atoms with van der Waals surface area (Å²) in [7, 11) is 1.61. The van der Waals surface area contributed by atoms with E-state index in [4.69, 9.17) is 28.8 Å². The molecule has 0 aliphatic rings. The molecule has 0 spiro atoms. The Labute approximate surface area is 142 Å². The molecule has 1 N–H and O–H groups in total. The molecule has 1 rings (SSSR count). The van der Waals surface area contributed by atoms with Crippen molar-refractivity contribution in [3.63, 3.8) is 0 Å². The zero-order valence-electron chi connectivity index (χ0n) is 14.3. The molecule has 0 saturated heterocycles. The lowest BCUT2D eigenvalue weighted by Gasteiger charge is -2.12. The van der Waals surface area contributed by atoms with Gasteiger partial charge in [0.2, 0.25) is 0 Å². The number of aliphatic hydroxyl groups is 1. The second kappa shape index (κ2) is 12.7. The third-order valence-corrected chi connectivity index (χ3v) is 2.95. The molecule has 0 atom stereocenters. The van der Waals surface area contributed by atoms with Crippen molar-refractivity contribution < 1.29 is 33.6 Å². The van der Waals surface area contributed by atoms with Crippen LogP contribution in [-0.2, 0) is 14.2 Å². The number of ether oxygens (including phenoxy) is 5. The molecule has 0 aliphatic heterocycles. The molecule has 0 fully saturated rings. The summed E-state index contributed by atoms with van der Waals surface area (Å²) in [5.41, 5.74) is 0.513. The van der Waals surface area contributed by atoms with Crippen LogP contribution in [0.4, 0.5) is 0 Å². The molecular weight excluding hydrogens is 316 g/mol. The quantitative estimate of drug-likeness (QED) is 0.403. The Morgan fingerprint density at radius 2 is 1.42 bits per heavy atom. The van der Waals surface area contributed by atoms with Crippen LogP contribution in [0.5, 0.6) is 11.5 Å². The topological polar surface area (TPSA) is 83.5 Å². The van der Waals surface area contributed by atoms with Crippen LogP contribution in [0, 0.1) is 0 Å². The number of Topliss-reactive ketones (excluding diaryl/α,β-unsaturated/α-hetero) is 1. The Bertz CT molecular complexity index is 476. The molecule has 1 aromatic carbocycles. The third kappa shape index (κ3) is 8.83. The van der Waals surface area contributed by atoms with Gasteiger partial charge in [0, 0.05) is 18.7 Å². The van der Waals surface area contributed by atoms with E-state index in [1.54, 1.807) is 25.3 Å². The van der Waals surface area contributed by atoms with Crippen LogP contribution in [0.15, 0.2) is 18.2 Å². The normalized spacial score (nSPS) is 10.6. The standard InChI is InChI=1S/C17H26O7/c1-14(19)15-11-16(23-9-7-21-4-3-18)13-17(12-15)24-10-8-22-6-5-20-2/h11-13,18H,3-10H2,1-2H3. The van der Waals surface area contributed by atoms with Crippen LogP contribution in [0.25, 0.3) is 0 Å². The van der Waals surface area contributed by atoms with Gasteiger partial charge in [0.05, 0.1) is 39.6 Å². The van der Waals surface area contributed by atoms with Gasteiger partial charge in [0.25, 0.3) is 0 Å². The number of carbonyl (C=O) groups excluding carboxylic acids is 1. The molecule has 0 bridgehead atoms. The zero-order chi connectivity index (χ0) is 17.6. The Kier molecular flexibility index (Phi) is 10.8. The number of aliphatic hydroxyl groups excluding tert-OH is 1. The number of methoxy groups -OCH3 is 1. The highest BCUT2D eigenvalue weighted by Crippen LogP contribution is 2.23. The molecule has 0 amide bonds. The molecule has 136 valence electrons. The molecule has 0 saturated carbocycles. The summed E-state index contributed by atoms with van der Waals surface area (Å²) in [6.07, 6.45) is 0. The monoisotopic (exact) mass is 342 g/mol. The lowest BCUT2D eigenvalue weighted by Crippen LogP contribution is -2.11. The number of rotatable bonds is 14. The van der Waals surface area contributed by atoms with Crippen LogP contribution >= 0.6 is 0 Å². The third-order valence-electron chi connectivity index (χ3n) is 2.95. The first-order valence-corrected chi connectivity index (χ1v) is 7.84. The highest BCUT2D eigenvalue weighted by Gasteiger charge is 2.07. The number of hydrogen-bond donors (Lipinski definition) is 1. The van der Waals surface area contributed by atoms with Crippen molar-refractivity contribution in [1.82, 2.24) is 0 Å². The minimum atomic E-state index is -0.0711.